The van der Waals surface area contributed by atoms with Gasteiger partial charge >= 0.3 is 6.09 Å². The van der Waals surface area contributed by atoms with Gasteiger partial charge in [-0.3, -0.25) is 14.4 Å². The van der Waals surface area contributed by atoms with Gasteiger partial charge in [-0.15, -0.1) is 0 Å². The van der Waals surface area contributed by atoms with Gasteiger partial charge in [0.1, 0.15) is 11.1 Å². The first-order chi connectivity index (χ1) is 19.7. The first-order valence-electron chi connectivity index (χ1n) is 14.9. The van der Waals surface area contributed by atoms with E-state index in [2.05, 4.69) is 10.6 Å². The zero-order valence-electron chi connectivity index (χ0n) is 25.1. The van der Waals surface area contributed by atoms with Crippen molar-refractivity contribution in [3.05, 3.63) is 24.3 Å². The number of rotatable bonds is 6. The molecule has 1 saturated carbocycles. The van der Waals surface area contributed by atoms with Crippen molar-refractivity contribution in [2.24, 2.45) is 5.92 Å². The summed E-state index contributed by atoms with van der Waals surface area (Å²) in [6.07, 6.45) is 5.59. The lowest BCUT2D eigenvalue weighted by Crippen LogP contribution is -2.64. The van der Waals surface area contributed by atoms with Crippen molar-refractivity contribution in [1.29, 1.82) is 0 Å². The second-order valence-corrected chi connectivity index (χ2v) is 14.8. The van der Waals surface area contributed by atoms with E-state index < -0.39 is 27.0 Å². The number of hydrogen-bond donors (Lipinski definition) is 2. The van der Waals surface area contributed by atoms with Gasteiger partial charge in [0.25, 0.3) is 0 Å². The molecule has 2 N–H and O–H groups in total. The number of anilines is 1. The summed E-state index contributed by atoms with van der Waals surface area (Å²) in [4.78, 5) is 56.2. The van der Waals surface area contributed by atoms with E-state index in [0.29, 0.717) is 57.4 Å². The second kappa shape index (κ2) is 12.6. The Bertz CT molecular complexity index is 1290. The molecule has 1 atom stereocenters. The summed E-state index contributed by atoms with van der Waals surface area (Å²) in [7, 11) is -3.48. The smallest absolute Gasteiger partial charge is 0.410 e. The number of carbonyl (C=O) groups excluding carboxylic acids is 4. The minimum Gasteiger partial charge on any atom is -0.444 e. The maximum Gasteiger partial charge on any atom is 0.410 e. The fourth-order valence-electron chi connectivity index (χ4n) is 6.06. The average Bonchev–Trinajstić information content (AvgIpc) is 2.93. The fourth-order valence-corrected chi connectivity index (χ4v) is 6.97. The van der Waals surface area contributed by atoms with Crippen LogP contribution in [0.25, 0.3) is 0 Å². The zero-order chi connectivity index (χ0) is 30.7. The number of sulfone groups is 1. The van der Waals surface area contributed by atoms with Crippen LogP contribution >= 0.6 is 0 Å². The van der Waals surface area contributed by atoms with Crippen molar-refractivity contribution >= 4 is 39.2 Å². The van der Waals surface area contributed by atoms with E-state index in [4.69, 9.17) is 4.74 Å². The van der Waals surface area contributed by atoms with Crippen LogP contribution in [0.5, 0.6) is 0 Å². The van der Waals surface area contributed by atoms with Gasteiger partial charge in [0.05, 0.1) is 23.2 Å². The molecule has 12 heteroatoms. The van der Waals surface area contributed by atoms with Crippen LogP contribution < -0.4 is 15.5 Å². The lowest BCUT2D eigenvalue weighted by molar-refractivity contribution is -0.139. The molecule has 2 aliphatic heterocycles. The maximum atomic E-state index is 13.7. The number of nitrogens with one attached hydrogen (secondary N) is 2. The molecular weight excluding hydrogens is 560 g/mol. The van der Waals surface area contributed by atoms with Gasteiger partial charge < -0.3 is 25.2 Å². The monoisotopic (exact) mass is 604 g/mol. The molecule has 0 bridgehead atoms. The molecule has 4 rings (SSSR count). The highest BCUT2D eigenvalue weighted by Gasteiger charge is 2.44. The van der Waals surface area contributed by atoms with E-state index >= 15 is 0 Å². The third kappa shape index (κ3) is 7.62. The van der Waals surface area contributed by atoms with Crippen LogP contribution in [0.1, 0.15) is 72.1 Å². The number of carbonyl (C=O) groups is 4. The van der Waals surface area contributed by atoms with Crippen LogP contribution in [0.4, 0.5) is 10.5 Å². The molecule has 42 heavy (non-hydrogen) atoms. The summed E-state index contributed by atoms with van der Waals surface area (Å²) in [6, 6.07) is 5.88. The van der Waals surface area contributed by atoms with Gasteiger partial charge in [0.15, 0.2) is 15.6 Å². The number of likely N-dealkylation sites (tertiary alicyclic amines) is 1. The molecule has 11 nitrogen and oxygen atoms in total. The predicted octanol–water partition coefficient (Wildman–Crippen LogP) is 2.82. The molecule has 1 aromatic carbocycles. The molecule has 1 aliphatic carbocycles. The minimum atomic E-state index is -3.48. The third-order valence-electron chi connectivity index (χ3n) is 8.36. The Labute approximate surface area is 248 Å². The average molecular weight is 605 g/mol. The Morgan fingerprint density at radius 2 is 1.62 bits per heavy atom. The van der Waals surface area contributed by atoms with Crippen LogP contribution in [0.15, 0.2) is 29.2 Å². The highest BCUT2D eigenvalue weighted by atomic mass is 32.2. The lowest BCUT2D eigenvalue weighted by atomic mass is 9.79. The largest absolute Gasteiger partial charge is 0.444 e. The van der Waals surface area contributed by atoms with Crippen molar-refractivity contribution in [3.8, 4) is 0 Å². The molecule has 1 aromatic rings. The Morgan fingerprint density at radius 1 is 0.976 bits per heavy atom. The molecule has 3 aliphatic rings. The van der Waals surface area contributed by atoms with Crippen molar-refractivity contribution < 1.29 is 32.3 Å². The van der Waals surface area contributed by atoms with Crippen LogP contribution in [0, 0.1) is 5.92 Å². The van der Waals surface area contributed by atoms with Gasteiger partial charge in [0.2, 0.25) is 11.8 Å². The Kier molecular flexibility index (Phi) is 9.54. The SMILES string of the molecule is CC(C)(C)OC(=O)N1CCC(C(=O)NC2(C(=O)NC3CCN(c4ccccc4S(C)(=O)=O)CC3=O)CCCCC2)CC1. The van der Waals surface area contributed by atoms with Crippen LogP contribution in [0.2, 0.25) is 0 Å². The molecule has 0 aromatic heterocycles. The molecule has 3 amide bonds. The minimum absolute atomic E-state index is 0.0208. The number of para-hydroxylation sites is 1. The molecule has 2 heterocycles. The van der Waals surface area contributed by atoms with E-state index in [9.17, 15) is 27.6 Å². The number of Topliss-reactive ketones (excluding diaryl/α,β-unsaturated/α-hetero) is 1. The van der Waals surface area contributed by atoms with Crippen molar-refractivity contribution in [2.45, 2.75) is 94.2 Å². The summed E-state index contributed by atoms with van der Waals surface area (Å²) in [6.45, 7) is 6.63. The number of nitrogens with zero attached hydrogens (tertiary/aromatic N) is 2. The quantitative estimate of drug-likeness (QED) is 0.505. The summed E-state index contributed by atoms with van der Waals surface area (Å²) in [5.74, 6) is -1.07. The highest BCUT2D eigenvalue weighted by Crippen LogP contribution is 2.31. The number of hydrogen-bond acceptors (Lipinski definition) is 8. The van der Waals surface area contributed by atoms with Crippen molar-refractivity contribution in [2.75, 3.05) is 37.3 Å². The van der Waals surface area contributed by atoms with Gasteiger partial charge in [-0.05, 0) is 65.0 Å². The molecule has 0 spiro atoms. The number of piperidine rings is 2. The van der Waals surface area contributed by atoms with E-state index in [-0.39, 0.29) is 41.0 Å². The van der Waals surface area contributed by atoms with Crippen LogP contribution in [-0.4, -0.2) is 86.6 Å². The molecule has 232 valence electrons. The lowest BCUT2D eigenvalue weighted by Gasteiger charge is -2.40. The Morgan fingerprint density at radius 3 is 2.21 bits per heavy atom. The number of ketones is 1. The normalized spacial score (nSPS) is 21.9. The number of amides is 3. The van der Waals surface area contributed by atoms with Crippen molar-refractivity contribution in [1.82, 2.24) is 15.5 Å². The summed E-state index contributed by atoms with van der Waals surface area (Å²) < 4.78 is 30.0. The van der Waals surface area contributed by atoms with Crippen LogP contribution in [-0.2, 0) is 29.0 Å². The zero-order valence-corrected chi connectivity index (χ0v) is 25.9. The van der Waals surface area contributed by atoms with E-state index in [1.54, 1.807) is 28.0 Å². The molecule has 3 fully saturated rings. The molecule has 2 saturated heterocycles. The summed E-state index contributed by atoms with van der Waals surface area (Å²) in [5.41, 5.74) is -1.20. The highest BCUT2D eigenvalue weighted by molar-refractivity contribution is 7.90. The summed E-state index contributed by atoms with van der Waals surface area (Å²) in [5, 5.41) is 6.00. The van der Waals surface area contributed by atoms with Gasteiger partial charge in [-0.25, -0.2) is 13.2 Å². The molecule has 0 radical (unpaired) electrons. The standard InChI is InChI=1S/C30H44N4O7S/c1-29(2,3)41-28(38)33-17-12-21(13-18-33)26(36)32-30(15-8-5-9-16-30)27(37)31-22-14-19-34(20-24(22)35)23-10-6-7-11-25(23)42(4,39)40/h6-7,10-11,21-22H,5,8-9,12-20H2,1-4H3,(H,31,37)(H,32,36). The molecule has 1 unspecified atom stereocenters. The predicted molar refractivity (Wildman–Crippen MR) is 158 cm³/mol. The van der Waals surface area contributed by atoms with E-state index in [1.165, 1.54) is 6.07 Å². The van der Waals surface area contributed by atoms with Gasteiger partial charge in [0, 0.05) is 31.8 Å². The third-order valence-corrected chi connectivity index (χ3v) is 9.50. The summed E-state index contributed by atoms with van der Waals surface area (Å²) >= 11 is 0. The van der Waals surface area contributed by atoms with Crippen LogP contribution in [0.3, 0.4) is 0 Å². The fraction of sp³-hybridized carbons (Fsp3) is 0.667. The second-order valence-electron chi connectivity index (χ2n) is 12.8. The number of benzene rings is 1. The molecular formula is C30H44N4O7S. The first-order valence-corrected chi connectivity index (χ1v) is 16.8. The number of ether oxygens (including phenoxy) is 1. The first kappa shape index (κ1) is 31.8. The van der Waals surface area contributed by atoms with Gasteiger partial charge in [-0.1, -0.05) is 31.4 Å². The Balaban J connectivity index is 1.37. The van der Waals surface area contributed by atoms with Gasteiger partial charge in [-0.2, -0.15) is 0 Å². The van der Waals surface area contributed by atoms with Crippen molar-refractivity contribution in [3.63, 3.8) is 0 Å². The maximum absolute atomic E-state index is 13.7. The van der Waals surface area contributed by atoms with E-state index in [1.807, 2.05) is 20.8 Å². The Hall–Kier alpha value is -3.15. The topological polar surface area (TPSA) is 142 Å². The van der Waals surface area contributed by atoms with E-state index in [0.717, 1.165) is 25.5 Å².